The van der Waals surface area contributed by atoms with Crippen LogP contribution in [0.15, 0.2) is 24.5 Å². The Balaban J connectivity index is 1.61. The van der Waals surface area contributed by atoms with Crippen molar-refractivity contribution in [2.45, 2.75) is 57.5 Å². The Morgan fingerprint density at radius 2 is 1.95 bits per heavy atom. The molecule has 1 fully saturated rings. The first-order valence-electron chi connectivity index (χ1n) is 7.58. The molecule has 0 bridgehead atoms. The monoisotopic (exact) mass is 257 g/mol. The minimum Gasteiger partial charge on any atom is -0.346 e. The topological polar surface area (TPSA) is 40.7 Å². The van der Waals surface area contributed by atoms with Crippen molar-refractivity contribution < 1.29 is 0 Å². The zero-order chi connectivity index (χ0) is 12.9. The molecule has 3 rings (SSSR count). The smallest absolute Gasteiger partial charge is 0.137 e. The van der Waals surface area contributed by atoms with Gasteiger partial charge in [0, 0.05) is 30.4 Å². The minimum absolute atomic E-state index is 0.696. The molecule has 1 aliphatic carbocycles. The van der Waals surface area contributed by atoms with Crippen LogP contribution in [-0.4, -0.2) is 16.0 Å². The first kappa shape index (κ1) is 12.7. The summed E-state index contributed by atoms with van der Waals surface area (Å²) in [4.78, 5) is 7.59. The van der Waals surface area contributed by atoms with Gasteiger partial charge in [0.1, 0.15) is 5.65 Å². The fourth-order valence-electron chi connectivity index (χ4n) is 3.07. The quantitative estimate of drug-likeness (QED) is 0.879. The molecule has 0 aromatic carbocycles. The van der Waals surface area contributed by atoms with Crippen LogP contribution in [0.4, 0.5) is 0 Å². The Morgan fingerprint density at radius 1 is 1.16 bits per heavy atom. The van der Waals surface area contributed by atoms with Crippen molar-refractivity contribution in [3.8, 4) is 0 Å². The van der Waals surface area contributed by atoms with Crippen LogP contribution in [0.3, 0.4) is 0 Å². The lowest BCUT2D eigenvalue weighted by molar-refractivity contribution is 0.389. The van der Waals surface area contributed by atoms with Gasteiger partial charge in [-0.05, 0) is 30.5 Å². The van der Waals surface area contributed by atoms with Crippen molar-refractivity contribution in [2.24, 2.45) is 0 Å². The van der Waals surface area contributed by atoms with Crippen molar-refractivity contribution >= 4 is 11.0 Å². The van der Waals surface area contributed by atoms with Gasteiger partial charge in [-0.1, -0.05) is 32.1 Å². The average Bonchev–Trinajstić information content (AvgIpc) is 2.81. The summed E-state index contributed by atoms with van der Waals surface area (Å²) in [5, 5.41) is 4.99. The summed E-state index contributed by atoms with van der Waals surface area (Å²) in [5.74, 6) is 0. The predicted molar refractivity (Wildman–Crippen MR) is 79.0 cm³/mol. The van der Waals surface area contributed by atoms with Crippen molar-refractivity contribution in [1.82, 2.24) is 15.3 Å². The van der Waals surface area contributed by atoms with Gasteiger partial charge in [0.25, 0.3) is 0 Å². The van der Waals surface area contributed by atoms with E-state index in [0.717, 1.165) is 12.2 Å². The van der Waals surface area contributed by atoms with Crippen LogP contribution < -0.4 is 5.32 Å². The van der Waals surface area contributed by atoms with Crippen LogP contribution in [0.25, 0.3) is 11.0 Å². The van der Waals surface area contributed by atoms with Crippen molar-refractivity contribution in [2.75, 3.05) is 0 Å². The molecule has 0 saturated heterocycles. The van der Waals surface area contributed by atoms with E-state index in [1.807, 2.05) is 12.3 Å². The first-order valence-corrected chi connectivity index (χ1v) is 7.58. The lowest BCUT2D eigenvalue weighted by atomic mass is 9.96. The van der Waals surface area contributed by atoms with E-state index in [4.69, 9.17) is 0 Å². The van der Waals surface area contributed by atoms with Crippen LogP contribution >= 0.6 is 0 Å². The maximum atomic E-state index is 4.34. The lowest BCUT2D eigenvalue weighted by Gasteiger charge is -2.20. The van der Waals surface area contributed by atoms with Crippen LogP contribution in [0.1, 0.15) is 50.5 Å². The minimum atomic E-state index is 0.696. The Kier molecular flexibility index (Phi) is 4.13. The summed E-state index contributed by atoms with van der Waals surface area (Å²) >= 11 is 0. The summed E-state index contributed by atoms with van der Waals surface area (Å²) in [6.45, 7) is 0.955. The van der Waals surface area contributed by atoms with E-state index in [1.165, 1.54) is 55.9 Å². The second-order valence-corrected chi connectivity index (χ2v) is 5.64. The Morgan fingerprint density at radius 3 is 2.79 bits per heavy atom. The van der Waals surface area contributed by atoms with Crippen molar-refractivity contribution in [1.29, 1.82) is 0 Å². The van der Waals surface area contributed by atoms with Crippen LogP contribution in [0.2, 0.25) is 0 Å². The third-order valence-electron chi connectivity index (χ3n) is 4.22. The van der Waals surface area contributed by atoms with E-state index in [9.17, 15) is 0 Å². The number of rotatable bonds is 3. The van der Waals surface area contributed by atoms with E-state index >= 15 is 0 Å². The molecule has 0 atom stereocenters. The molecule has 2 heterocycles. The van der Waals surface area contributed by atoms with E-state index in [1.54, 1.807) is 0 Å². The van der Waals surface area contributed by atoms with Crippen LogP contribution in [-0.2, 0) is 6.54 Å². The van der Waals surface area contributed by atoms with Gasteiger partial charge in [0.15, 0.2) is 0 Å². The van der Waals surface area contributed by atoms with Gasteiger partial charge in [-0.15, -0.1) is 0 Å². The predicted octanol–water partition coefficient (Wildman–Crippen LogP) is 3.77. The second-order valence-electron chi connectivity index (χ2n) is 5.64. The molecule has 2 N–H and O–H groups in total. The summed E-state index contributed by atoms with van der Waals surface area (Å²) < 4.78 is 0. The van der Waals surface area contributed by atoms with Crippen molar-refractivity contribution in [3.63, 3.8) is 0 Å². The van der Waals surface area contributed by atoms with Gasteiger partial charge in [-0.3, -0.25) is 0 Å². The standard InChI is InChI=1S/C16H23N3/c1-2-4-7-14(8-5-3-1)18-11-13-12-19-16-15(13)9-6-10-17-16/h6,9-10,12,14,18H,1-5,7-8,11H2,(H,17,19). The normalized spacial score (nSPS) is 18.3. The fraction of sp³-hybridized carbons (Fsp3) is 0.562. The number of hydrogen-bond donors (Lipinski definition) is 2. The second kappa shape index (κ2) is 6.20. The molecule has 2 aromatic rings. The zero-order valence-corrected chi connectivity index (χ0v) is 11.5. The first-order chi connectivity index (χ1) is 9.43. The molecule has 102 valence electrons. The zero-order valence-electron chi connectivity index (χ0n) is 11.5. The SMILES string of the molecule is c1cnc2[nH]cc(CNC3CCCCCCC3)c2c1. The summed E-state index contributed by atoms with van der Waals surface area (Å²) in [5.41, 5.74) is 2.34. The number of aromatic nitrogens is 2. The third-order valence-corrected chi connectivity index (χ3v) is 4.22. The lowest BCUT2D eigenvalue weighted by Crippen LogP contribution is -2.29. The number of hydrogen-bond acceptors (Lipinski definition) is 2. The summed E-state index contributed by atoms with van der Waals surface area (Å²) in [7, 11) is 0. The van der Waals surface area contributed by atoms with Gasteiger partial charge < -0.3 is 10.3 Å². The van der Waals surface area contributed by atoms with E-state index in [-0.39, 0.29) is 0 Å². The maximum Gasteiger partial charge on any atom is 0.137 e. The molecule has 0 aliphatic heterocycles. The largest absolute Gasteiger partial charge is 0.346 e. The van der Waals surface area contributed by atoms with Crippen LogP contribution in [0.5, 0.6) is 0 Å². The third kappa shape index (κ3) is 3.16. The molecule has 0 amide bonds. The van der Waals surface area contributed by atoms with E-state index in [2.05, 4.69) is 27.5 Å². The Bertz CT molecular complexity index is 509. The molecule has 1 saturated carbocycles. The average molecular weight is 257 g/mol. The molecule has 0 spiro atoms. The summed E-state index contributed by atoms with van der Waals surface area (Å²) in [6.07, 6.45) is 13.6. The molecular weight excluding hydrogens is 234 g/mol. The van der Waals surface area contributed by atoms with E-state index < -0.39 is 0 Å². The van der Waals surface area contributed by atoms with Crippen LogP contribution in [0, 0.1) is 0 Å². The van der Waals surface area contributed by atoms with Gasteiger partial charge in [0.05, 0.1) is 0 Å². The van der Waals surface area contributed by atoms with Gasteiger partial charge in [-0.25, -0.2) is 4.98 Å². The number of fused-ring (bicyclic) bond motifs is 1. The highest BCUT2D eigenvalue weighted by atomic mass is 14.9. The molecule has 3 nitrogen and oxygen atoms in total. The maximum absolute atomic E-state index is 4.34. The highest BCUT2D eigenvalue weighted by molar-refractivity contribution is 5.79. The Hall–Kier alpha value is -1.35. The number of pyridine rings is 1. The molecule has 19 heavy (non-hydrogen) atoms. The number of nitrogens with zero attached hydrogens (tertiary/aromatic N) is 1. The van der Waals surface area contributed by atoms with Gasteiger partial charge >= 0.3 is 0 Å². The molecule has 2 aromatic heterocycles. The number of nitrogens with one attached hydrogen (secondary N) is 2. The molecule has 0 radical (unpaired) electrons. The molecule has 0 unspecified atom stereocenters. The number of H-pyrrole nitrogens is 1. The summed E-state index contributed by atoms with van der Waals surface area (Å²) in [6, 6.07) is 4.85. The van der Waals surface area contributed by atoms with E-state index in [0.29, 0.717) is 6.04 Å². The molecule has 1 aliphatic rings. The van der Waals surface area contributed by atoms with Gasteiger partial charge in [0.2, 0.25) is 0 Å². The highest BCUT2D eigenvalue weighted by Gasteiger charge is 2.11. The Labute approximate surface area is 114 Å². The fourth-order valence-corrected chi connectivity index (χ4v) is 3.07. The highest BCUT2D eigenvalue weighted by Crippen LogP contribution is 2.19. The molecular formula is C16H23N3. The number of aromatic amines is 1. The molecule has 3 heteroatoms. The van der Waals surface area contributed by atoms with Crippen molar-refractivity contribution in [3.05, 3.63) is 30.1 Å². The van der Waals surface area contributed by atoms with Gasteiger partial charge in [-0.2, -0.15) is 0 Å².